The second kappa shape index (κ2) is 5.61. The third kappa shape index (κ3) is 4.10. The highest BCUT2D eigenvalue weighted by Gasteiger charge is 2.20. The van der Waals surface area contributed by atoms with Crippen LogP contribution in [0.4, 0.5) is 0 Å². The summed E-state index contributed by atoms with van der Waals surface area (Å²) < 4.78 is 5.50. The number of nitrogens with zero attached hydrogens (tertiary/aromatic N) is 1. The summed E-state index contributed by atoms with van der Waals surface area (Å²) in [5, 5.41) is 0. The first-order valence-corrected chi connectivity index (χ1v) is 5.52. The number of ether oxygens (including phenoxy) is 1. The summed E-state index contributed by atoms with van der Waals surface area (Å²) in [5.74, 6) is 0. The quantitative estimate of drug-likeness (QED) is 0.589. The molecule has 1 rings (SSSR count). The van der Waals surface area contributed by atoms with E-state index in [2.05, 4.69) is 25.8 Å². The van der Waals surface area contributed by atoms with E-state index in [1.165, 1.54) is 32.2 Å². The second-order valence-electron chi connectivity index (χ2n) is 4.34. The van der Waals surface area contributed by atoms with Crippen LogP contribution in [-0.2, 0) is 4.74 Å². The number of hydrogen-bond donors (Lipinski definition) is 0. The minimum atomic E-state index is 0.383. The fourth-order valence-corrected chi connectivity index (χ4v) is 1.64. The third-order valence-corrected chi connectivity index (χ3v) is 2.80. The molecule has 1 aliphatic carbocycles. The van der Waals surface area contributed by atoms with E-state index in [1.807, 2.05) is 0 Å². The average Bonchev–Trinajstić information content (AvgIpc) is 1.94. The summed E-state index contributed by atoms with van der Waals surface area (Å²) in [5.41, 5.74) is 0. The molecule has 0 radical (unpaired) electrons. The predicted molar refractivity (Wildman–Crippen MR) is 56.0 cm³/mol. The van der Waals surface area contributed by atoms with Gasteiger partial charge in [0.2, 0.25) is 0 Å². The van der Waals surface area contributed by atoms with Gasteiger partial charge in [-0.25, -0.2) is 0 Å². The Labute approximate surface area is 82.3 Å². The van der Waals surface area contributed by atoms with Crippen molar-refractivity contribution >= 4 is 0 Å². The highest BCUT2D eigenvalue weighted by molar-refractivity contribution is 4.77. The first-order valence-electron chi connectivity index (χ1n) is 5.52. The molecule has 0 bridgehead atoms. The zero-order valence-corrected chi connectivity index (χ0v) is 9.25. The fourth-order valence-electron chi connectivity index (χ4n) is 1.64. The van der Waals surface area contributed by atoms with Gasteiger partial charge in [0.15, 0.2) is 0 Å². The predicted octanol–water partition coefficient (Wildman–Crippen LogP) is 2.29. The molecular weight excluding hydrogens is 162 g/mol. The van der Waals surface area contributed by atoms with Crippen molar-refractivity contribution in [2.24, 2.45) is 0 Å². The molecular formula is C11H23NO. The van der Waals surface area contributed by atoms with Crippen LogP contribution < -0.4 is 0 Å². The van der Waals surface area contributed by atoms with Gasteiger partial charge in [0.25, 0.3) is 0 Å². The van der Waals surface area contributed by atoms with Gasteiger partial charge in [0.1, 0.15) is 0 Å². The zero-order chi connectivity index (χ0) is 9.68. The van der Waals surface area contributed by atoms with E-state index >= 15 is 0 Å². The Balaban J connectivity index is 1.92. The third-order valence-electron chi connectivity index (χ3n) is 2.80. The van der Waals surface area contributed by atoms with E-state index in [-0.39, 0.29) is 0 Å². The summed E-state index contributed by atoms with van der Waals surface area (Å²) >= 11 is 0. The minimum Gasteiger partial charge on any atom is -0.379 e. The van der Waals surface area contributed by atoms with Crippen LogP contribution in [0.1, 0.15) is 39.5 Å². The van der Waals surface area contributed by atoms with Crippen LogP contribution in [0.15, 0.2) is 0 Å². The Bertz CT molecular complexity index is 132. The first-order chi connectivity index (χ1) is 6.20. The highest BCUT2D eigenvalue weighted by atomic mass is 16.5. The lowest BCUT2D eigenvalue weighted by Gasteiger charge is -2.34. The summed E-state index contributed by atoms with van der Waals surface area (Å²) in [7, 11) is 2.24. The summed E-state index contributed by atoms with van der Waals surface area (Å²) in [6, 6.07) is 0.874. The van der Waals surface area contributed by atoms with Gasteiger partial charge in [-0.2, -0.15) is 0 Å². The Kier molecular flexibility index (Phi) is 4.74. The smallest absolute Gasteiger partial charge is 0.0518 e. The maximum atomic E-state index is 5.50. The highest BCUT2D eigenvalue weighted by Crippen LogP contribution is 2.23. The van der Waals surface area contributed by atoms with Crippen LogP contribution in [0.25, 0.3) is 0 Å². The van der Waals surface area contributed by atoms with Gasteiger partial charge >= 0.3 is 0 Å². The molecule has 1 fully saturated rings. The summed E-state index contributed by atoms with van der Waals surface area (Å²) in [6.45, 7) is 6.29. The number of rotatable bonds is 6. The van der Waals surface area contributed by atoms with Crippen molar-refractivity contribution in [1.82, 2.24) is 4.90 Å². The molecule has 0 aromatic heterocycles. The summed E-state index contributed by atoms with van der Waals surface area (Å²) in [4.78, 5) is 2.48. The van der Waals surface area contributed by atoms with E-state index in [0.29, 0.717) is 6.10 Å². The maximum Gasteiger partial charge on any atom is 0.0518 e. The van der Waals surface area contributed by atoms with Gasteiger partial charge in [-0.05, 0) is 40.2 Å². The van der Waals surface area contributed by atoms with E-state index < -0.39 is 0 Å². The van der Waals surface area contributed by atoms with Crippen molar-refractivity contribution in [2.45, 2.75) is 51.7 Å². The van der Waals surface area contributed by atoms with Crippen molar-refractivity contribution in [3.63, 3.8) is 0 Å². The SMILES string of the molecule is CC(C)OCCCN(C)C1CCC1. The van der Waals surface area contributed by atoms with Crippen LogP contribution in [0, 0.1) is 0 Å². The molecule has 1 aliphatic rings. The lowest BCUT2D eigenvalue weighted by molar-refractivity contribution is 0.0648. The summed E-state index contributed by atoms with van der Waals surface area (Å²) in [6.07, 6.45) is 5.79. The lowest BCUT2D eigenvalue weighted by atomic mass is 9.92. The molecule has 0 unspecified atom stereocenters. The molecule has 2 nitrogen and oxygen atoms in total. The van der Waals surface area contributed by atoms with Crippen LogP contribution in [-0.4, -0.2) is 37.2 Å². The van der Waals surface area contributed by atoms with Crippen LogP contribution in [0.2, 0.25) is 0 Å². The van der Waals surface area contributed by atoms with E-state index in [0.717, 1.165) is 12.6 Å². The van der Waals surface area contributed by atoms with Crippen molar-refractivity contribution in [3.8, 4) is 0 Å². The zero-order valence-electron chi connectivity index (χ0n) is 9.25. The van der Waals surface area contributed by atoms with E-state index in [1.54, 1.807) is 0 Å². The Morgan fingerprint density at radius 2 is 2.08 bits per heavy atom. The molecule has 0 N–H and O–H groups in total. The first kappa shape index (κ1) is 11.0. The van der Waals surface area contributed by atoms with Crippen LogP contribution in [0.5, 0.6) is 0 Å². The van der Waals surface area contributed by atoms with E-state index in [9.17, 15) is 0 Å². The van der Waals surface area contributed by atoms with Gasteiger partial charge in [-0.3, -0.25) is 0 Å². The molecule has 0 spiro atoms. The molecule has 0 saturated heterocycles. The molecule has 0 aromatic rings. The second-order valence-corrected chi connectivity index (χ2v) is 4.34. The molecule has 0 atom stereocenters. The monoisotopic (exact) mass is 185 g/mol. The molecule has 2 heteroatoms. The molecule has 1 saturated carbocycles. The Morgan fingerprint density at radius 1 is 1.38 bits per heavy atom. The van der Waals surface area contributed by atoms with E-state index in [4.69, 9.17) is 4.74 Å². The van der Waals surface area contributed by atoms with Gasteiger partial charge in [-0.15, -0.1) is 0 Å². The normalized spacial score (nSPS) is 18.2. The van der Waals surface area contributed by atoms with Gasteiger partial charge in [0, 0.05) is 19.2 Å². The fraction of sp³-hybridized carbons (Fsp3) is 1.00. The van der Waals surface area contributed by atoms with Crippen molar-refractivity contribution in [1.29, 1.82) is 0 Å². The maximum absolute atomic E-state index is 5.50. The van der Waals surface area contributed by atoms with Crippen molar-refractivity contribution in [2.75, 3.05) is 20.2 Å². The van der Waals surface area contributed by atoms with Gasteiger partial charge in [0.05, 0.1) is 6.10 Å². The Hall–Kier alpha value is -0.0800. The molecule has 0 amide bonds. The van der Waals surface area contributed by atoms with Crippen LogP contribution >= 0.6 is 0 Å². The average molecular weight is 185 g/mol. The lowest BCUT2D eigenvalue weighted by Crippen LogP contribution is -2.38. The molecule has 0 aromatic carbocycles. The van der Waals surface area contributed by atoms with Crippen molar-refractivity contribution < 1.29 is 4.74 Å². The van der Waals surface area contributed by atoms with Crippen LogP contribution in [0.3, 0.4) is 0 Å². The van der Waals surface area contributed by atoms with Gasteiger partial charge in [-0.1, -0.05) is 6.42 Å². The molecule has 13 heavy (non-hydrogen) atoms. The molecule has 78 valence electrons. The largest absolute Gasteiger partial charge is 0.379 e. The topological polar surface area (TPSA) is 12.5 Å². The van der Waals surface area contributed by atoms with Gasteiger partial charge < -0.3 is 9.64 Å². The minimum absolute atomic E-state index is 0.383. The molecule has 0 heterocycles. The van der Waals surface area contributed by atoms with Crippen molar-refractivity contribution in [3.05, 3.63) is 0 Å². The molecule has 0 aliphatic heterocycles. The number of hydrogen-bond acceptors (Lipinski definition) is 2. The standard InChI is InChI=1S/C11H23NO/c1-10(2)13-9-5-8-12(3)11-6-4-7-11/h10-11H,4-9H2,1-3H3. The Morgan fingerprint density at radius 3 is 2.54 bits per heavy atom.